The molecule has 1 heterocycles. The van der Waals surface area contributed by atoms with Gasteiger partial charge in [-0.05, 0) is 56.6 Å². The Morgan fingerprint density at radius 2 is 1.88 bits per heavy atom. The molecule has 0 atom stereocenters. The number of imidazole rings is 1. The lowest BCUT2D eigenvalue weighted by Crippen LogP contribution is -2.28. The second kappa shape index (κ2) is 7.07. The van der Waals surface area contributed by atoms with Crippen LogP contribution in [0.2, 0.25) is 0 Å². The number of nitrogens with zero attached hydrogens (tertiary/aromatic N) is 2. The molecule has 0 radical (unpaired) electrons. The second-order valence-electron chi connectivity index (χ2n) is 6.89. The normalized spacial score (nSPS) is 11.8. The fourth-order valence-electron chi connectivity index (χ4n) is 2.68. The van der Waals surface area contributed by atoms with E-state index in [2.05, 4.69) is 45.2 Å². The zero-order chi connectivity index (χ0) is 17.9. The van der Waals surface area contributed by atoms with Crippen LogP contribution >= 0.6 is 0 Å². The van der Waals surface area contributed by atoms with Gasteiger partial charge in [-0.2, -0.15) is 0 Å². The average Bonchev–Trinajstić information content (AvgIpc) is 3.03. The largest absolute Gasteiger partial charge is 0.481 e. The van der Waals surface area contributed by atoms with Crippen LogP contribution in [-0.4, -0.2) is 27.2 Å². The van der Waals surface area contributed by atoms with Gasteiger partial charge in [-0.25, -0.2) is 4.98 Å². The van der Waals surface area contributed by atoms with Crippen LogP contribution in [0.4, 0.5) is 0 Å². The number of hydrogen-bond donors (Lipinski definition) is 2. The molecular formula is C20H23N3O2. The van der Waals surface area contributed by atoms with Gasteiger partial charge in [-0.3, -0.25) is 9.36 Å². The first-order chi connectivity index (χ1) is 12.0. The summed E-state index contributed by atoms with van der Waals surface area (Å²) in [7, 11) is 0. The van der Waals surface area contributed by atoms with E-state index >= 15 is 0 Å². The molecule has 0 aliphatic rings. The number of hydrogen-bond acceptors (Lipinski definition) is 3. The molecule has 1 aromatic heterocycles. The lowest BCUT2D eigenvalue weighted by molar-refractivity contribution is -0.147. The molecule has 3 aromatic rings. The third kappa shape index (κ3) is 3.88. The van der Waals surface area contributed by atoms with E-state index in [0.717, 1.165) is 23.3 Å². The van der Waals surface area contributed by atoms with Gasteiger partial charge in [0.1, 0.15) is 6.33 Å². The average molecular weight is 337 g/mol. The van der Waals surface area contributed by atoms with Gasteiger partial charge in [-0.1, -0.05) is 24.3 Å². The van der Waals surface area contributed by atoms with Gasteiger partial charge in [-0.15, -0.1) is 0 Å². The van der Waals surface area contributed by atoms with E-state index in [4.69, 9.17) is 5.11 Å². The molecule has 0 fully saturated rings. The fourth-order valence-corrected chi connectivity index (χ4v) is 2.68. The van der Waals surface area contributed by atoms with Gasteiger partial charge in [0.25, 0.3) is 0 Å². The summed E-state index contributed by atoms with van der Waals surface area (Å²) < 4.78 is 2.07. The van der Waals surface area contributed by atoms with Gasteiger partial charge in [0.05, 0.1) is 16.4 Å². The number of aromatic nitrogens is 2. The first-order valence-electron chi connectivity index (χ1n) is 8.43. The van der Waals surface area contributed by atoms with Crippen LogP contribution < -0.4 is 5.32 Å². The third-order valence-corrected chi connectivity index (χ3v) is 4.50. The fraction of sp³-hybridized carbons (Fsp3) is 0.300. The van der Waals surface area contributed by atoms with Crippen molar-refractivity contribution in [2.75, 3.05) is 6.54 Å². The van der Waals surface area contributed by atoms with Crippen LogP contribution in [0, 0.1) is 5.41 Å². The number of nitrogens with one attached hydrogen (secondary N) is 1. The Kier molecular flexibility index (Phi) is 4.86. The van der Waals surface area contributed by atoms with E-state index in [0.29, 0.717) is 13.0 Å². The molecule has 0 aliphatic carbocycles. The van der Waals surface area contributed by atoms with Crippen LogP contribution in [0.5, 0.6) is 0 Å². The van der Waals surface area contributed by atoms with Crippen LogP contribution in [0.25, 0.3) is 16.7 Å². The van der Waals surface area contributed by atoms with Crippen molar-refractivity contribution in [1.82, 2.24) is 14.9 Å². The zero-order valence-corrected chi connectivity index (χ0v) is 14.6. The molecule has 2 N–H and O–H groups in total. The maximum atomic E-state index is 11.1. The van der Waals surface area contributed by atoms with Gasteiger partial charge < -0.3 is 10.4 Å². The summed E-state index contributed by atoms with van der Waals surface area (Å²) in [6.07, 6.45) is 2.44. The van der Waals surface area contributed by atoms with Crippen LogP contribution in [-0.2, 0) is 11.3 Å². The van der Waals surface area contributed by atoms with Crippen molar-refractivity contribution in [2.45, 2.75) is 26.8 Å². The van der Waals surface area contributed by atoms with Gasteiger partial charge in [0.15, 0.2) is 0 Å². The van der Waals surface area contributed by atoms with E-state index in [1.54, 1.807) is 13.8 Å². The van der Waals surface area contributed by atoms with Crippen LogP contribution in [0.3, 0.4) is 0 Å². The van der Waals surface area contributed by atoms with Crippen molar-refractivity contribution < 1.29 is 9.90 Å². The van der Waals surface area contributed by atoms with E-state index in [9.17, 15) is 4.79 Å². The van der Waals surface area contributed by atoms with Crippen molar-refractivity contribution in [3.63, 3.8) is 0 Å². The van der Waals surface area contributed by atoms with Crippen molar-refractivity contribution in [2.24, 2.45) is 5.41 Å². The van der Waals surface area contributed by atoms with E-state index in [1.807, 2.05) is 24.5 Å². The van der Waals surface area contributed by atoms with Gasteiger partial charge >= 0.3 is 5.97 Å². The maximum absolute atomic E-state index is 11.1. The summed E-state index contributed by atoms with van der Waals surface area (Å²) in [4.78, 5) is 15.5. The molecule has 0 unspecified atom stereocenters. The van der Waals surface area contributed by atoms with Crippen LogP contribution in [0.1, 0.15) is 25.8 Å². The highest BCUT2D eigenvalue weighted by Gasteiger charge is 2.25. The first kappa shape index (κ1) is 17.2. The number of rotatable bonds is 7. The Balaban J connectivity index is 1.60. The molecule has 5 nitrogen and oxygen atoms in total. The zero-order valence-electron chi connectivity index (χ0n) is 14.6. The number of benzene rings is 2. The maximum Gasteiger partial charge on any atom is 0.309 e. The topological polar surface area (TPSA) is 67.2 Å². The number of aliphatic carboxylic acids is 1. The van der Waals surface area contributed by atoms with Crippen LogP contribution in [0.15, 0.2) is 54.9 Å². The summed E-state index contributed by atoms with van der Waals surface area (Å²) in [6, 6.07) is 16.4. The molecule has 25 heavy (non-hydrogen) atoms. The standard InChI is InChI=1S/C20H23N3O2/c1-20(2,19(24)25)11-12-21-13-15-7-9-16(10-8-15)23-14-22-17-5-3-4-6-18(17)23/h3-10,14,21H,11-13H2,1-2H3,(H,24,25). The van der Waals surface area contributed by atoms with Gasteiger partial charge in [0.2, 0.25) is 0 Å². The third-order valence-electron chi connectivity index (χ3n) is 4.50. The molecule has 3 rings (SSSR count). The smallest absolute Gasteiger partial charge is 0.309 e. The quantitative estimate of drug-likeness (QED) is 0.646. The molecule has 0 spiro atoms. The molecule has 0 amide bonds. The minimum absolute atomic E-state index is 0.599. The van der Waals surface area contributed by atoms with Crippen molar-refractivity contribution >= 4 is 17.0 Å². The SMILES string of the molecule is CC(C)(CCNCc1ccc(-n2cnc3ccccc32)cc1)C(=O)O. The Bertz CT molecular complexity index is 866. The Morgan fingerprint density at radius 3 is 2.60 bits per heavy atom. The molecular weight excluding hydrogens is 314 g/mol. The Labute approximate surface area is 147 Å². The highest BCUT2D eigenvalue weighted by Crippen LogP contribution is 2.20. The second-order valence-corrected chi connectivity index (χ2v) is 6.89. The number of carboxylic acid groups (broad SMARTS) is 1. The Hall–Kier alpha value is -2.66. The van der Waals surface area contributed by atoms with Crippen molar-refractivity contribution in [1.29, 1.82) is 0 Å². The summed E-state index contributed by atoms with van der Waals surface area (Å²) in [5, 5.41) is 12.4. The van der Waals surface area contributed by atoms with Gasteiger partial charge in [0, 0.05) is 12.2 Å². The minimum Gasteiger partial charge on any atom is -0.481 e. The molecule has 5 heteroatoms. The summed E-state index contributed by atoms with van der Waals surface area (Å²) in [5.41, 5.74) is 3.61. The Morgan fingerprint density at radius 1 is 1.16 bits per heavy atom. The van der Waals surface area contributed by atoms with Crippen molar-refractivity contribution in [3.8, 4) is 5.69 Å². The monoisotopic (exact) mass is 337 g/mol. The molecule has 2 aromatic carbocycles. The lowest BCUT2D eigenvalue weighted by Gasteiger charge is -2.19. The predicted molar refractivity (Wildman–Crippen MR) is 98.8 cm³/mol. The molecule has 0 saturated carbocycles. The van der Waals surface area contributed by atoms with E-state index in [1.165, 1.54) is 5.56 Å². The molecule has 0 aliphatic heterocycles. The minimum atomic E-state index is -0.758. The van der Waals surface area contributed by atoms with Crippen molar-refractivity contribution in [3.05, 3.63) is 60.4 Å². The number of carbonyl (C=O) groups is 1. The lowest BCUT2D eigenvalue weighted by atomic mass is 9.90. The number of carboxylic acids is 1. The summed E-state index contributed by atoms with van der Waals surface area (Å²) >= 11 is 0. The summed E-state index contributed by atoms with van der Waals surface area (Å²) in [5.74, 6) is -0.758. The predicted octanol–water partition coefficient (Wildman–Crippen LogP) is 3.62. The molecule has 130 valence electrons. The van der Waals surface area contributed by atoms with E-state index in [-0.39, 0.29) is 0 Å². The van der Waals surface area contributed by atoms with E-state index < -0.39 is 11.4 Å². The highest BCUT2D eigenvalue weighted by molar-refractivity contribution is 5.77. The molecule has 0 bridgehead atoms. The first-order valence-corrected chi connectivity index (χ1v) is 8.43. The number of fused-ring (bicyclic) bond motifs is 1. The highest BCUT2D eigenvalue weighted by atomic mass is 16.4. The number of para-hydroxylation sites is 2. The molecule has 0 saturated heterocycles. The summed E-state index contributed by atoms with van der Waals surface area (Å²) in [6.45, 7) is 4.90.